The van der Waals surface area contributed by atoms with E-state index in [1.54, 1.807) is 48.4 Å². The lowest BCUT2D eigenvalue weighted by Crippen LogP contribution is -2.33. The third-order valence-corrected chi connectivity index (χ3v) is 2.92. The number of hydrogen-bond donors (Lipinski definition) is 2. The van der Waals surface area contributed by atoms with Crippen molar-refractivity contribution in [2.75, 3.05) is 0 Å². The molecule has 2 rings (SSSR count). The van der Waals surface area contributed by atoms with E-state index in [0.717, 1.165) is 5.56 Å². The van der Waals surface area contributed by atoms with Crippen LogP contribution in [0.4, 0.5) is 0 Å². The van der Waals surface area contributed by atoms with Gasteiger partial charge in [0, 0.05) is 25.4 Å². The maximum atomic E-state index is 11.9. The predicted molar refractivity (Wildman–Crippen MR) is 73.1 cm³/mol. The van der Waals surface area contributed by atoms with Gasteiger partial charge in [-0.15, -0.1) is 0 Å². The number of hydrogen-bond acceptors (Lipinski definition) is 4. The molecule has 3 N–H and O–H groups in total. The van der Waals surface area contributed by atoms with Gasteiger partial charge in [0.15, 0.2) is 0 Å². The number of nitrogens with two attached hydrogens (primary N) is 1. The average Bonchev–Trinajstić information content (AvgIpc) is 2.91. The summed E-state index contributed by atoms with van der Waals surface area (Å²) in [6.07, 6.45) is 3.29. The molecule has 1 amide bonds. The first-order chi connectivity index (χ1) is 9.60. The lowest BCUT2D eigenvalue weighted by molar-refractivity contribution is -0.122. The zero-order valence-electron chi connectivity index (χ0n) is 11.1. The van der Waals surface area contributed by atoms with Gasteiger partial charge < -0.3 is 11.1 Å². The Morgan fingerprint density at radius 2 is 2.20 bits per heavy atom. The summed E-state index contributed by atoms with van der Waals surface area (Å²) in [7, 11) is 1.77. The molecular weight excluding hydrogens is 254 g/mol. The highest BCUT2D eigenvalue weighted by atomic mass is 16.2. The van der Waals surface area contributed by atoms with E-state index in [9.17, 15) is 4.79 Å². The molecule has 0 saturated carbocycles. The van der Waals surface area contributed by atoms with Crippen molar-refractivity contribution in [2.24, 2.45) is 12.8 Å². The quantitative estimate of drug-likeness (QED) is 0.849. The number of amides is 1. The second-order valence-corrected chi connectivity index (χ2v) is 4.45. The van der Waals surface area contributed by atoms with Crippen LogP contribution in [0.1, 0.15) is 22.7 Å². The molecule has 0 fully saturated rings. The molecule has 0 saturated heterocycles. The third kappa shape index (κ3) is 3.22. The summed E-state index contributed by atoms with van der Waals surface area (Å²) in [5.74, 6) is -0.262. The van der Waals surface area contributed by atoms with Crippen molar-refractivity contribution in [3.05, 3.63) is 53.3 Å². The molecule has 1 aromatic carbocycles. The molecule has 0 aliphatic heterocycles. The molecule has 0 spiro atoms. The van der Waals surface area contributed by atoms with Gasteiger partial charge in [-0.1, -0.05) is 12.1 Å². The van der Waals surface area contributed by atoms with Gasteiger partial charge in [0.05, 0.1) is 17.8 Å². The summed E-state index contributed by atoms with van der Waals surface area (Å²) < 4.78 is 1.60. The summed E-state index contributed by atoms with van der Waals surface area (Å²) in [6.45, 7) is 0.374. The van der Waals surface area contributed by atoms with E-state index in [0.29, 0.717) is 17.7 Å². The molecule has 102 valence electrons. The maximum Gasteiger partial charge on any atom is 0.241 e. The minimum absolute atomic E-state index is 0.262. The lowest BCUT2D eigenvalue weighted by atomic mass is 10.1. The van der Waals surface area contributed by atoms with Crippen LogP contribution in [0.25, 0.3) is 0 Å². The molecule has 1 aromatic heterocycles. The van der Waals surface area contributed by atoms with E-state index >= 15 is 0 Å². The Balaban J connectivity index is 1.93. The Labute approximate surface area is 116 Å². The largest absolute Gasteiger partial charge is 0.350 e. The molecule has 0 bridgehead atoms. The molecule has 0 radical (unpaired) electrons. The van der Waals surface area contributed by atoms with Crippen LogP contribution < -0.4 is 11.1 Å². The Morgan fingerprint density at radius 3 is 2.75 bits per heavy atom. The first kappa shape index (κ1) is 13.8. The molecule has 6 nitrogen and oxygen atoms in total. The van der Waals surface area contributed by atoms with Crippen molar-refractivity contribution in [3.8, 4) is 6.07 Å². The van der Waals surface area contributed by atoms with Crippen LogP contribution in [0.15, 0.2) is 36.7 Å². The number of carbonyl (C=O) groups is 1. The minimum Gasteiger partial charge on any atom is -0.350 e. The predicted octanol–water partition coefficient (Wildman–Crippen LogP) is 0.608. The van der Waals surface area contributed by atoms with Crippen LogP contribution in [0, 0.1) is 11.3 Å². The van der Waals surface area contributed by atoms with Gasteiger partial charge in [0.1, 0.15) is 6.04 Å². The SMILES string of the molecule is Cn1cc(C(N)C(=O)NCc2ccc(C#N)cc2)cn1. The summed E-state index contributed by atoms with van der Waals surface area (Å²) in [5, 5.41) is 15.4. The van der Waals surface area contributed by atoms with Crippen molar-refractivity contribution in [1.82, 2.24) is 15.1 Å². The van der Waals surface area contributed by atoms with Crippen molar-refractivity contribution >= 4 is 5.91 Å². The van der Waals surface area contributed by atoms with Gasteiger partial charge in [0.25, 0.3) is 0 Å². The number of benzene rings is 1. The van der Waals surface area contributed by atoms with Crippen LogP contribution in [0.3, 0.4) is 0 Å². The molecule has 1 unspecified atom stereocenters. The van der Waals surface area contributed by atoms with E-state index in [2.05, 4.69) is 10.4 Å². The fourth-order valence-corrected chi connectivity index (χ4v) is 1.75. The number of rotatable bonds is 4. The Bertz CT molecular complexity index is 638. The van der Waals surface area contributed by atoms with E-state index in [1.807, 2.05) is 6.07 Å². The maximum absolute atomic E-state index is 11.9. The summed E-state index contributed by atoms with van der Waals surface area (Å²) in [6, 6.07) is 8.33. The Morgan fingerprint density at radius 1 is 1.50 bits per heavy atom. The van der Waals surface area contributed by atoms with E-state index < -0.39 is 6.04 Å². The molecule has 6 heteroatoms. The van der Waals surface area contributed by atoms with Crippen LogP contribution >= 0.6 is 0 Å². The zero-order chi connectivity index (χ0) is 14.5. The Kier molecular flexibility index (Phi) is 4.13. The van der Waals surface area contributed by atoms with Crippen molar-refractivity contribution in [3.63, 3.8) is 0 Å². The number of nitriles is 1. The monoisotopic (exact) mass is 269 g/mol. The number of nitrogens with one attached hydrogen (secondary N) is 1. The van der Waals surface area contributed by atoms with Gasteiger partial charge in [-0.2, -0.15) is 10.4 Å². The van der Waals surface area contributed by atoms with Crippen LogP contribution in [0.5, 0.6) is 0 Å². The minimum atomic E-state index is -0.734. The number of nitrogens with zero attached hydrogens (tertiary/aromatic N) is 3. The molecular formula is C14H15N5O. The number of aromatic nitrogens is 2. The molecule has 1 atom stereocenters. The molecule has 20 heavy (non-hydrogen) atoms. The van der Waals surface area contributed by atoms with E-state index in [4.69, 9.17) is 11.0 Å². The highest BCUT2D eigenvalue weighted by Gasteiger charge is 2.16. The van der Waals surface area contributed by atoms with Crippen molar-refractivity contribution in [2.45, 2.75) is 12.6 Å². The van der Waals surface area contributed by atoms with E-state index in [1.165, 1.54) is 0 Å². The van der Waals surface area contributed by atoms with Gasteiger partial charge in [-0.05, 0) is 17.7 Å². The number of aryl methyl sites for hydroxylation is 1. The topological polar surface area (TPSA) is 96.7 Å². The summed E-state index contributed by atoms with van der Waals surface area (Å²) >= 11 is 0. The summed E-state index contributed by atoms with van der Waals surface area (Å²) in [4.78, 5) is 11.9. The van der Waals surface area contributed by atoms with Gasteiger partial charge in [-0.25, -0.2) is 0 Å². The van der Waals surface area contributed by atoms with Gasteiger partial charge >= 0.3 is 0 Å². The highest BCUT2D eigenvalue weighted by Crippen LogP contribution is 2.09. The molecule has 1 heterocycles. The van der Waals surface area contributed by atoms with Crippen molar-refractivity contribution in [1.29, 1.82) is 5.26 Å². The molecule has 0 aliphatic rings. The summed E-state index contributed by atoms with van der Waals surface area (Å²) in [5.41, 5.74) is 8.03. The van der Waals surface area contributed by atoms with Gasteiger partial charge in [-0.3, -0.25) is 9.48 Å². The second-order valence-electron chi connectivity index (χ2n) is 4.45. The standard InChI is InChI=1S/C14H15N5O/c1-19-9-12(8-18-19)13(16)14(20)17-7-11-4-2-10(6-15)3-5-11/h2-5,8-9,13H,7,16H2,1H3,(H,17,20). The second kappa shape index (κ2) is 5.99. The smallest absolute Gasteiger partial charge is 0.241 e. The highest BCUT2D eigenvalue weighted by molar-refractivity contribution is 5.82. The average molecular weight is 269 g/mol. The van der Waals surface area contributed by atoms with Crippen LogP contribution in [-0.4, -0.2) is 15.7 Å². The van der Waals surface area contributed by atoms with Crippen molar-refractivity contribution < 1.29 is 4.79 Å². The Hall–Kier alpha value is -2.65. The van der Waals surface area contributed by atoms with Gasteiger partial charge in [0.2, 0.25) is 5.91 Å². The van der Waals surface area contributed by atoms with E-state index in [-0.39, 0.29) is 5.91 Å². The third-order valence-electron chi connectivity index (χ3n) is 2.92. The van der Waals surface area contributed by atoms with Crippen LogP contribution in [0.2, 0.25) is 0 Å². The first-order valence-corrected chi connectivity index (χ1v) is 6.11. The lowest BCUT2D eigenvalue weighted by Gasteiger charge is -2.10. The fourth-order valence-electron chi connectivity index (χ4n) is 1.75. The fraction of sp³-hybridized carbons (Fsp3) is 0.214. The zero-order valence-corrected chi connectivity index (χ0v) is 11.1. The molecule has 2 aromatic rings. The van der Waals surface area contributed by atoms with Crippen LogP contribution in [-0.2, 0) is 18.4 Å². The number of carbonyl (C=O) groups excluding carboxylic acids is 1. The normalized spacial score (nSPS) is 11.7. The first-order valence-electron chi connectivity index (χ1n) is 6.11. The molecule has 0 aliphatic carbocycles.